The van der Waals surface area contributed by atoms with Gasteiger partial charge < -0.3 is 16.6 Å². The maximum Gasteiger partial charge on any atom is 0.146 e. The van der Waals surface area contributed by atoms with Crippen LogP contribution >= 0.6 is 0 Å². The molecule has 0 saturated carbocycles. The van der Waals surface area contributed by atoms with Crippen molar-refractivity contribution in [2.75, 3.05) is 13.7 Å². The molecule has 21 heavy (non-hydrogen) atoms. The SMILES string of the molecule is CC.CC(=O)CN.CC(=O)[C@@H](N)Cc1ccccc1.CO. The molecule has 1 atom stereocenters. The fourth-order valence-corrected chi connectivity index (χ4v) is 1.01. The fourth-order valence-electron chi connectivity index (χ4n) is 1.01. The quantitative estimate of drug-likeness (QED) is 0.777. The molecule has 0 fully saturated rings. The lowest BCUT2D eigenvalue weighted by atomic mass is 10.0. The third-order valence-corrected chi connectivity index (χ3v) is 2.11. The third-order valence-electron chi connectivity index (χ3n) is 2.11. The van der Waals surface area contributed by atoms with Gasteiger partial charge in [0.25, 0.3) is 0 Å². The van der Waals surface area contributed by atoms with Gasteiger partial charge >= 0.3 is 0 Å². The molecule has 0 spiro atoms. The van der Waals surface area contributed by atoms with Crippen LogP contribution in [0.15, 0.2) is 30.3 Å². The monoisotopic (exact) mass is 298 g/mol. The second-order valence-electron chi connectivity index (χ2n) is 3.81. The van der Waals surface area contributed by atoms with Crippen molar-refractivity contribution in [3.63, 3.8) is 0 Å². The fraction of sp³-hybridized carbons (Fsp3) is 0.500. The number of hydrogen-bond donors (Lipinski definition) is 3. The van der Waals surface area contributed by atoms with Crippen LogP contribution in [0.1, 0.15) is 33.3 Å². The van der Waals surface area contributed by atoms with E-state index in [-0.39, 0.29) is 24.2 Å². The second-order valence-corrected chi connectivity index (χ2v) is 3.81. The molecule has 0 aliphatic carbocycles. The van der Waals surface area contributed by atoms with Crippen LogP contribution in [-0.2, 0) is 16.0 Å². The van der Waals surface area contributed by atoms with Crippen molar-refractivity contribution >= 4 is 11.6 Å². The van der Waals surface area contributed by atoms with E-state index in [2.05, 4.69) is 0 Å². The van der Waals surface area contributed by atoms with E-state index in [0.717, 1.165) is 12.7 Å². The molecular formula is C16H30N2O3. The minimum Gasteiger partial charge on any atom is -0.400 e. The number of carbonyl (C=O) groups excluding carboxylic acids is 2. The number of aliphatic hydroxyl groups is 1. The third kappa shape index (κ3) is 18.4. The highest BCUT2D eigenvalue weighted by Gasteiger charge is 2.07. The van der Waals surface area contributed by atoms with Gasteiger partial charge in [0, 0.05) is 7.11 Å². The number of ketones is 2. The molecule has 0 aromatic heterocycles. The first-order chi connectivity index (χ1) is 9.97. The van der Waals surface area contributed by atoms with E-state index in [4.69, 9.17) is 16.6 Å². The summed E-state index contributed by atoms with van der Waals surface area (Å²) in [6.45, 7) is 7.15. The Morgan fingerprint density at radius 3 is 1.76 bits per heavy atom. The van der Waals surface area contributed by atoms with Crippen molar-refractivity contribution in [2.45, 2.75) is 40.2 Å². The number of benzene rings is 1. The van der Waals surface area contributed by atoms with Gasteiger partial charge in [-0.1, -0.05) is 44.2 Å². The summed E-state index contributed by atoms with van der Waals surface area (Å²) in [7, 11) is 1.00. The number of aliphatic hydroxyl groups excluding tert-OH is 1. The molecule has 0 saturated heterocycles. The minimum absolute atomic E-state index is 0.0324. The molecule has 5 heteroatoms. The number of hydrogen-bond acceptors (Lipinski definition) is 5. The van der Waals surface area contributed by atoms with Gasteiger partial charge in [-0.05, 0) is 25.8 Å². The largest absolute Gasteiger partial charge is 0.400 e. The molecule has 0 heterocycles. The highest BCUT2D eigenvalue weighted by atomic mass is 16.2. The maximum absolute atomic E-state index is 10.8. The second kappa shape index (κ2) is 18.4. The Labute approximate surface area is 128 Å². The van der Waals surface area contributed by atoms with Crippen molar-refractivity contribution in [2.24, 2.45) is 11.5 Å². The van der Waals surface area contributed by atoms with E-state index < -0.39 is 0 Å². The smallest absolute Gasteiger partial charge is 0.146 e. The summed E-state index contributed by atoms with van der Waals surface area (Å²) >= 11 is 0. The van der Waals surface area contributed by atoms with Crippen LogP contribution in [0, 0.1) is 0 Å². The maximum atomic E-state index is 10.8. The van der Waals surface area contributed by atoms with Crippen LogP contribution < -0.4 is 11.5 Å². The Hall–Kier alpha value is -1.56. The van der Waals surface area contributed by atoms with Crippen molar-refractivity contribution in [1.29, 1.82) is 0 Å². The van der Waals surface area contributed by atoms with Crippen LogP contribution in [-0.4, -0.2) is 36.4 Å². The van der Waals surface area contributed by atoms with Gasteiger partial charge in [0.05, 0.1) is 12.6 Å². The van der Waals surface area contributed by atoms with Crippen LogP contribution in [0.4, 0.5) is 0 Å². The van der Waals surface area contributed by atoms with Gasteiger partial charge in [0.2, 0.25) is 0 Å². The van der Waals surface area contributed by atoms with Gasteiger partial charge in [-0.3, -0.25) is 9.59 Å². The van der Waals surface area contributed by atoms with E-state index >= 15 is 0 Å². The number of Topliss-reactive ketones (excluding diaryl/α,β-unsaturated/α-hetero) is 2. The average Bonchev–Trinajstić information content (AvgIpc) is 2.52. The molecule has 0 aliphatic heterocycles. The molecule has 5 N–H and O–H groups in total. The van der Waals surface area contributed by atoms with Crippen molar-refractivity contribution in [3.8, 4) is 0 Å². The van der Waals surface area contributed by atoms with Gasteiger partial charge in [-0.15, -0.1) is 0 Å². The highest BCUT2D eigenvalue weighted by Crippen LogP contribution is 2.01. The Kier molecular flexibility index (Phi) is 21.5. The Balaban J connectivity index is -0.000000304. The van der Waals surface area contributed by atoms with E-state index in [9.17, 15) is 9.59 Å². The molecule has 1 aromatic carbocycles. The van der Waals surface area contributed by atoms with E-state index in [1.165, 1.54) is 13.8 Å². The molecule has 1 aromatic rings. The molecule has 122 valence electrons. The predicted molar refractivity (Wildman–Crippen MR) is 88.0 cm³/mol. The Morgan fingerprint density at radius 2 is 1.48 bits per heavy atom. The lowest BCUT2D eigenvalue weighted by molar-refractivity contribution is -0.118. The van der Waals surface area contributed by atoms with Crippen molar-refractivity contribution in [1.82, 2.24) is 0 Å². The van der Waals surface area contributed by atoms with Crippen molar-refractivity contribution in [3.05, 3.63) is 35.9 Å². The summed E-state index contributed by atoms with van der Waals surface area (Å²) in [6, 6.07) is 9.44. The zero-order valence-corrected chi connectivity index (χ0v) is 13.8. The average molecular weight is 298 g/mol. The van der Waals surface area contributed by atoms with E-state index in [1.54, 1.807) is 0 Å². The van der Waals surface area contributed by atoms with Crippen LogP contribution in [0.2, 0.25) is 0 Å². The molecule has 0 bridgehead atoms. The molecule has 5 nitrogen and oxygen atoms in total. The normalized spacial score (nSPS) is 9.52. The first-order valence-electron chi connectivity index (χ1n) is 6.91. The standard InChI is InChI=1S/C10H13NO.C3H7NO.C2H6.CH4O/c1-8(12)10(11)7-9-5-3-2-4-6-9;1-3(5)2-4;2*1-2/h2-6,10H,7,11H2,1H3;2,4H2,1H3;1-2H3;2H,1H3/t10-;;;/m0.../s1. The lowest BCUT2D eigenvalue weighted by Crippen LogP contribution is -2.30. The van der Waals surface area contributed by atoms with Gasteiger partial charge in [0.1, 0.15) is 11.6 Å². The zero-order valence-electron chi connectivity index (χ0n) is 13.8. The summed E-state index contributed by atoms with van der Waals surface area (Å²) < 4.78 is 0. The van der Waals surface area contributed by atoms with Crippen LogP contribution in [0.25, 0.3) is 0 Å². The summed E-state index contributed by atoms with van der Waals surface area (Å²) in [5.74, 6) is 0.0730. The number of nitrogens with two attached hydrogens (primary N) is 2. The first-order valence-corrected chi connectivity index (χ1v) is 6.91. The lowest BCUT2D eigenvalue weighted by Gasteiger charge is -2.06. The highest BCUT2D eigenvalue weighted by molar-refractivity contribution is 5.81. The zero-order chi connectivity index (χ0) is 17.3. The molecule has 0 aliphatic rings. The minimum atomic E-state index is -0.354. The molecule has 0 radical (unpaired) electrons. The van der Waals surface area contributed by atoms with E-state index in [0.29, 0.717) is 6.42 Å². The first kappa shape index (κ1) is 24.5. The topological polar surface area (TPSA) is 106 Å². The van der Waals surface area contributed by atoms with E-state index in [1.807, 2.05) is 44.2 Å². The molecule has 0 unspecified atom stereocenters. The number of rotatable bonds is 4. The van der Waals surface area contributed by atoms with Crippen LogP contribution in [0.5, 0.6) is 0 Å². The summed E-state index contributed by atoms with van der Waals surface area (Å²) in [6.07, 6.45) is 0.635. The van der Waals surface area contributed by atoms with Gasteiger partial charge in [-0.2, -0.15) is 0 Å². The van der Waals surface area contributed by atoms with Crippen LogP contribution in [0.3, 0.4) is 0 Å². The summed E-state index contributed by atoms with van der Waals surface area (Å²) in [4.78, 5) is 20.5. The molecule has 0 amide bonds. The Morgan fingerprint density at radius 1 is 1.10 bits per heavy atom. The Bertz CT molecular complexity index is 354. The van der Waals surface area contributed by atoms with Crippen molar-refractivity contribution < 1.29 is 14.7 Å². The predicted octanol–water partition coefficient (Wildman–Crippen LogP) is 1.31. The van der Waals surface area contributed by atoms with Gasteiger partial charge in [0.15, 0.2) is 0 Å². The molecular weight excluding hydrogens is 268 g/mol. The number of carbonyl (C=O) groups is 2. The van der Waals surface area contributed by atoms with Gasteiger partial charge in [-0.25, -0.2) is 0 Å². The molecule has 1 rings (SSSR count). The summed E-state index contributed by atoms with van der Waals surface area (Å²) in [5.41, 5.74) is 11.5. The summed E-state index contributed by atoms with van der Waals surface area (Å²) in [5, 5.41) is 7.00.